The molecule has 13 heteroatoms. The topological polar surface area (TPSA) is 211 Å². The number of aromatic nitrogens is 2. The normalized spacial score (nSPS) is 14.7. The molecular formula is C30H43N3O10. The van der Waals surface area contributed by atoms with E-state index in [1.54, 1.807) is 54.2 Å². The molecule has 7 N–H and O–H groups in total. The van der Waals surface area contributed by atoms with Crippen LogP contribution in [0.1, 0.15) is 25.2 Å². The molecule has 238 valence electrons. The number of carboxylic acid groups (broad SMARTS) is 1. The maximum Gasteiger partial charge on any atom is 0.261 e. The maximum absolute atomic E-state index is 12.8. The number of carbonyl (C=O) groups excluding carboxylic acids is 1. The molecule has 0 aliphatic carbocycles. The number of fused-ring (bicyclic) bond motifs is 1. The molecule has 5 atom stereocenters. The number of nitrogens with zero attached hydrogens (tertiary/aromatic N) is 2. The van der Waals surface area contributed by atoms with Crippen molar-refractivity contribution in [2.45, 2.75) is 63.8 Å². The van der Waals surface area contributed by atoms with Crippen molar-refractivity contribution in [3.05, 3.63) is 70.3 Å². The number of aliphatic hydroxyl groups is 5. The Kier molecular flexibility index (Phi) is 15.2. The molecule has 0 aliphatic heterocycles. The van der Waals surface area contributed by atoms with E-state index in [1.807, 2.05) is 25.1 Å². The van der Waals surface area contributed by atoms with Crippen LogP contribution >= 0.6 is 0 Å². The fourth-order valence-electron chi connectivity index (χ4n) is 4.26. The third kappa shape index (κ3) is 10.7. The van der Waals surface area contributed by atoms with Gasteiger partial charge < -0.3 is 50.2 Å². The molecule has 4 unspecified atom stereocenters. The van der Waals surface area contributed by atoms with Crippen molar-refractivity contribution < 1.29 is 50.2 Å². The van der Waals surface area contributed by atoms with Crippen molar-refractivity contribution in [2.24, 2.45) is 0 Å². The number of benzene rings is 2. The number of carbonyl (C=O) groups is 1. The minimum atomic E-state index is -1.53. The summed E-state index contributed by atoms with van der Waals surface area (Å²) in [7, 11) is 1.70. The second kappa shape index (κ2) is 18.3. The number of aliphatic hydroxyl groups excluding tert-OH is 5. The molecular weight excluding hydrogens is 562 g/mol. The van der Waals surface area contributed by atoms with Crippen LogP contribution in [0.4, 0.5) is 0 Å². The number of aryl methyl sites for hydroxylation is 1. The second-order valence-electron chi connectivity index (χ2n) is 9.76. The number of hydrogen-bond acceptors (Lipinski definition) is 11. The highest BCUT2D eigenvalue weighted by Crippen LogP contribution is 2.15. The third-order valence-corrected chi connectivity index (χ3v) is 6.62. The van der Waals surface area contributed by atoms with Crippen LogP contribution in [0.2, 0.25) is 0 Å². The number of carboxylic acids is 1. The van der Waals surface area contributed by atoms with Crippen LogP contribution < -0.4 is 20.7 Å². The van der Waals surface area contributed by atoms with E-state index in [9.17, 15) is 24.9 Å². The van der Waals surface area contributed by atoms with Crippen LogP contribution in [0.3, 0.4) is 0 Å². The quantitative estimate of drug-likeness (QED) is 0.0993. The van der Waals surface area contributed by atoms with Gasteiger partial charge in [-0.05, 0) is 36.8 Å². The molecule has 0 aliphatic rings. The van der Waals surface area contributed by atoms with Crippen LogP contribution in [0.25, 0.3) is 10.9 Å². The van der Waals surface area contributed by atoms with Crippen molar-refractivity contribution in [2.75, 3.05) is 33.4 Å². The van der Waals surface area contributed by atoms with Gasteiger partial charge in [0.2, 0.25) is 0 Å². The number of aliphatic carboxylic acids is 1. The monoisotopic (exact) mass is 605 g/mol. The fraction of sp³-hybridized carbons (Fsp3) is 0.500. The minimum Gasteiger partial charge on any atom is -0.547 e. The fourth-order valence-corrected chi connectivity index (χ4v) is 4.26. The van der Waals surface area contributed by atoms with Crippen molar-refractivity contribution in [1.29, 1.82) is 0 Å². The van der Waals surface area contributed by atoms with Gasteiger partial charge in [-0.15, -0.1) is 0 Å². The predicted molar refractivity (Wildman–Crippen MR) is 155 cm³/mol. The SMILES string of the molecule is CCO[C@@H](Cc1ccc(OCCn2c(CC)nc3ccccc3c2=O)cc1)C(=O)[O-].C[NH2+]CC(O)C(O)C(O)C(O)CO. The average Bonchev–Trinajstić information content (AvgIpc) is 3.01. The van der Waals surface area contributed by atoms with Crippen molar-refractivity contribution >= 4 is 16.9 Å². The van der Waals surface area contributed by atoms with E-state index in [1.165, 1.54) is 0 Å². The number of hydrogen-bond donors (Lipinski definition) is 6. The number of quaternary nitrogens is 1. The largest absolute Gasteiger partial charge is 0.547 e. The Labute approximate surface area is 250 Å². The standard InChI is InChI=1S/C23H26N2O5.C7H17NO5/c1-3-21-24-19-8-6-5-7-18(19)22(26)25(21)13-14-30-17-11-9-16(10-12-17)15-20(23(27)28)29-4-2;1-8-2-4(10)6(12)7(13)5(11)3-9/h5-12,20H,3-4,13-15H2,1-2H3,(H,27,28);4-13H,2-3H2,1H3/t20-;/m0./s1. The summed E-state index contributed by atoms with van der Waals surface area (Å²) in [4.78, 5) is 28.5. The number of rotatable bonds is 16. The first-order chi connectivity index (χ1) is 20.6. The molecule has 0 fully saturated rings. The minimum absolute atomic E-state index is 0.0688. The van der Waals surface area contributed by atoms with Crippen LogP contribution in [0.5, 0.6) is 5.75 Å². The summed E-state index contributed by atoms with van der Waals surface area (Å²) in [5.74, 6) is 0.139. The molecule has 1 aromatic heterocycles. The first kappa shape index (κ1) is 35.8. The Balaban J connectivity index is 0.000000420. The molecule has 2 aromatic carbocycles. The number of para-hydroxylation sites is 1. The van der Waals surface area contributed by atoms with Crippen molar-refractivity contribution in [3.63, 3.8) is 0 Å². The van der Waals surface area contributed by atoms with E-state index in [-0.39, 0.29) is 18.5 Å². The molecule has 0 saturated heterocycles. The molecule has 0 amide bonds. The van der Waals surface area contributed by atoms with Gasteiger partial charge in [-0.25, -0.2) is 4.98 Å². The summed E-state index contributed by atoms with van der Waals surface area (Å²) in [6, 6.07) is 14.5. The van der Waals surface area contributed by atoms with Gasteiger partial charge in [0.25, 0.3) is 5.56 Å². The summed E-state index contributed by atoms with van der Waals surface area (Å²) in [5, 5.41) is 58.3. The maximum atomic E-state index is 12.8. The summed E-state index contributed by atoms with van der Waals surface area (Å²) in [5.41, 5.74) is 1.45. The van der Waals surface area contributed by atoms with E-state index in [4.69, 9.17) is 24.8 Å². The molecule has 3 rings (SSSR count). The zero-order valence-electron chi connectivity index (χ0n) is 24.7. The molecule has 13 nitrogen and oxygen atoms in total. The van der Waals surface area contributed by atoms with Gasteiger partial charge in [0, 0.05) is 19.4 Å². The first-order valence-electron chi connectivity index (χ1n) is 14.2. The average molecular weight is 606 g/mol. The van der Waals surface area contributed by atoms with E-state index >= 15 is 0 Å². The number of ether oxygens (including phenoxy) is 2. The molecule has 0 bridgehead atoms. The van der Waals surface area contributed by atoms with Gasteiger partial charge >= 0.3 is 0 Å². The number of nitrogens with two attached hydrogens (primary N) is 1. The van der Waals surface area contributed by atoms with Crippen molar-refractivity contribution in [3.8, 4) is 5.75 Å². The lowest BCUT2D eigenvalue weighted by atomic mass is 10.0. The smallest absolute Gasteiger partial charge is 0.261 e. The van der Waals surface area contributed by atoms with Gasteiger partial charge in [-0.1, -0.05) is 31.2 Å². The Morgan fingerprint density at radius 3 is 2.26 bits per heavy atom. The lowest BCUT2D eigenvalue weighted by Crippen LogP contribution is -2.83. The van der Waals surface area contributed by atoms with E-state index in [0.29, 0.717) is 42.8 Å². The molecule has 0 radical (unpaired) electrons. The summed E-state index contributed by atoms with van der Waals surface area (Å²) < 4.78 is 12.6. The van der Waals surface area contributed by atoms with Gasteiger partial charge in [0.05, 0.1) is 37.1 Å². The van der Waals surface area contributed by atoms with Gasteiger partial charge in [-0.2, -0.15) is 0 Å². The Morgan fingerprint density at radius 1 is 1.02 bits per heavy atom. The summed E-state index contributed by atoms with van der Waals surface area (Å²) >= 11 is 0. The summed E-state index contributed by atoms with van der Waals surface area (Å²) in [6.45, 7) is 4.29. The Morgan fingerprint density at radius 2 is 1.67 bits per heavy atom. The molecule has 43 heavy (non-hydrogen) atoms. The second-order valence-corrected chi connectivity index (χ2v) is 9.76. The molecule has 0 spiro atoms. The Hall–Kier alpha value is -3.43. The van der Waals surface area contributed by atoms with Gasteiger partial charge in [0.1, 0.15) is 55.2 Å². The van der Waals surface area contributed by atoms with E-state index < -0.39 is 43.1 Å². The zero-order chi connectivity index (χ0) is 31.9. The molecule has 0 saturated carbocycles. The zero-order valence-corrected chi connectivity index (χ0v) is 24.7. The lowest BCUT2D eigenvalue weighted by Gasteiger charge is -2.24. The lowest BCUT2D eigenvalue weighted by molar-refractivity contribution is -0.635. The summed E-state index contributed by atoms with van der Waals surface area (Å²) in [6.07, 6.45) is -5.62. The van der Waals surface area contributed by atoms with Crippen LogP contribution in [0, 0.1) is 0 Å². The first-order valence-corrected chi connectivity index (χ1v) is 14.2. The molecule has 1 heterocycles. The number of likely N-dealkylation sites (N-methyl/N-ethyl adjacent to an activating group) is 1. The van der Waals surface area contributed by atoms with Crippen LogP contribution in [-0.4, -0.2) is 105 Å². The Bertz CT molecular complexity index is 1320. The van der Waals surface area contributed by atoms with Gasteiger partial charge in [0.15, 0.2) is 0 Å². The van der Waals surface area contributed by atoms with E-state index in [2.05, 4.69) is 4.98 Å². The van der Waals surface area contributed by atoms with E-state index in [0.717, 1.165) is 11.4 Å². The molecule has 3 aromatic rings. The van der Waals surface area contributed by atoms with Crippen LogP contribution in [0.15, 0.2) is 53.3 Å². The highest BCUT2D eigenvalue weighted by Gasteiger charge is 2.30. The highest BCUT2D eigenvalue weighted by molar-refractivity contribution is 5.77. The predicted octanol–water partition coefficient (Wildman–Crippen LogP) is -2.65. The van der Waals surface area contributed by atoms with Gasteiger partial charge in [-0.3, -0.25) is 9.36 Å². The highest BCUT2D eigenvalue weighted by atomic mass is 16.5. The van der Waals surface area contributed by atoms with Crippen molar-refractivity contribution in [1.82, 2.24) is 9.55 Å². The third-order valence-electron chi connectivity index (χ3n) is 6.62. The van der Waals surface area contributed by atoms with Crippen LogP contribution in [-0.2, 0) is 28.9 Å².